The third-order valence-corrected chi connectivity index (χ3v) is 7.83. The molecule has 2 aromatic rings. The van der Waals surface area contributed by atoms with Gasteiger partial charge in [-0.05, 0) is 29.7 Å². The van der Waals surface area contributed by atoms with Gasteiger partial charge in [-0.2, -0.15) is 4.31 Å². The minimum Gasteiger partial charge on any atom is -0.387 e. The number of morpholine rings is 1. The van der Waals surface area contributed by atoms with Crippen molar-refractivity contribution >= 4 is 21.8 Å². The highest BCUT2D eigenvalue weighted by molar-refractivity contribution is 7.99. The number of aromatic nitrogens is 1. The minimum absolute atomic E-state index is 0.0124. The van der Waals surface area contributed by atoms with Crippen LogP contribution in [-0.4, -0.2) is 54.4 Å². The second-order valence-corrected chi connectivity index (χ2v) is 9.55. The molecule has 8 heteroatoms. The Morgan fingerprint density at radius 1 is 1.15 bits per heavy atom. The number of rotatable bonds is 4. The maximum atomic E-state index is 12.6. The van der Waals surface area contributed by atoms with Crippen molar-refractivity contribution in [1.82, 2.24) is 9.29 Å². The van der Waals surface area contributed by atoms with Gasteiger partial charge in [-0.15, -0.1) is 0 Å². The Labute approximate surface area is 157 Å². The van der Waals surface area contributed by atoms with Crippen LogP contribution in [0.2, 0.25) is 0 Å². The van der Waals surface area contributed by atoms with Gasteiger partial charge in [0.1, 0.15) is 4.90 Å². The quantitative estimate of drug-likeness (QED) is 0.856. The topological polar surface area (TPSA) is 79.7 Å². The van der Waals surface area contributed by atoms with Gasteiger partial charge in [0.25, 0.3) is 0 Å². The highest BCUT2D eigenvalue weighted by Gasteiger charge is 2.32. The molecule has 26 heavy (non-hydrogen) atoms. The van der Waals surface area contributed by atoms with Crippen molar-refractivity contribution < 1.29 is 18.3 Å². The van der Waals surface area contributed by atoms with E-state index >= 15 is 0 Å². The normalized spacial score (nSPS) is 23.7. The molecule has 2 aliphatic rings. The van der Waals surface area contributed by atoms with Crippen LogP contribution in [-0.2, 0) is 21.2 Å². The van der Waals surface area contributed by atoms with Crippen LogP contribution >= 0.6 is 11.8 Å². The lowest BCUT2D eigenvalue weighted by atomic mass is 10.1. The molecule has 0 saturated carbocycles. The Bertz CT molecular complexity index is 880. The highest BCUT2D eigenvalue weighted by atomic mass is 32.2. The molecule has 138 valence electrons. The molecule has 4 rings (SSSR count). The zero-order valence-corrected chi connectivity index (χ0v) is 15.7. The van der Waals surface area contributed by atoms with Crippen LogP contribution in [0.1, 0.15) is 17.2 Å². The Morgan fingerprint density at radius 2 is 1.92 bits per heavy atom. The van der Waals surface area contributed by atoms with Crippen molar-refractivity contribution in [2.75, 3.05) is 26.3 Å². The first kappa shape index (κ1) is 17.9. The van der Waals surface area contributed by atoms with E-state index in [1.165, 1.54) is 22.3 Å². The monoisotopic (exact) mass is 392 g/mol. The fourth-order valence-electron chi connectivity index (χ4n) is 3.32. The van der Waals surface area contributed by atoms with E-state index < -0.39 is 16.1 Å². The van der Waals surface area contributed by atoms with Gasteiger partial charge in [0, 0.05) is 24.5 Å². The summed E-state index contributed by atoms with van der Waals surface area (Å²) in [6.45, 7) is 1.57. The van der Waals surface area contributed by atoms with Crippen molar-refractivity contribution in [2.45, 2.75) is 27.7 Å². The lowest BCUT2D eigenvalue weighted by Gasteiger charge is -2.25. The number of nitrogens with zero attached hydrogens (tertiary/aromatic N) is 2. The van der Waals surface area contributed by atoms with Crippen LogP contribution in [0.4, 0.5) is 0 Å². The van der Waals surface area contributed by atoms with Gasteiger partial charge in [0.2, 0.25) is 10.0 Å². The summed E-state index contributed by atoms with van der Waals surface area (Å²) in [5.74, 6) is 0. The van der Waals surface area contributed by atoms with Gasteiger partial charge in [-0.25, -0.2) is 13.4 Å². The molecule has 0 unspecified atom stereocenters. The minimum atomic E-state index is -3.53. The molecule has 1 fully saturated rings. The third-order valence-electron chi connectivity index (χ3n) is 4.74. The average Bonchev–Trinajstić information content (AvgIpc) is 2.99. The first-order valence-corrected chi connectivity index (χ1v) is 10.8. The Kier molecular flexibility index (Phi) is 5.02. The lowest BCUT2D eigenvalue weighted by molar-refractivity contribution is 0.0730. The molecule has 0 spiro atoms. The number of sulfonamides is 1. The fraction of sp³-hybridized carbons (Fsp3) is 0.389. The van der Waals surface area contributed by atoms with Crippen molar-refractivity contribution in [3.63, 3.8) is 0 Å². The van der Waals surface area contributed by atoms with Gasteiger partial charge in [-0.3, -0.25) is 0 Å². The molecular weight excluding hydrogens is 372 g/mol. The summed E-state index contributed by atoms with van der Waals surface area (Å²) in [7, 11) is -3.53. The van der Waals surface area contributed by atoms with E-state index in [1.807, 2.05) is 24.3 Å². The number of hydrogen-bond acceptors (Lipinski definition) is 6. The van der Waals surface area contributed by atoms with E-state index in [9.17, 15) is 13.5 Å². The fourth-order valence-corrected chi connectivity index (χ4v) is 5.79. The van der Waals surface area contributed by atoms with E-state index in [2.05, 4.69) is 4.98 Å². The van der Waals surface area contributed by atoms with E-state index in [-0.39, 0.29) is 10.1 Å². The van der Waals surface area contributed by atoms with Crippen LogP contribution in [0.25, 0.3) is 0 Å². The molecule has 1 aliphatic heterocycles. The molecule has 2 heterocycles. The Hall–Kier alpha value is -1.45. The largest absolute Gasteiger partial charge is 0.387 e. The number of hydrogen-bond donors (Lipinski definition) is 1. The van der Waals surface area contributed by atoms with Crippen molar-refractivity contribution in [3.05, 3.63) is 53.7 Å². The number of fused-ring (bicyclic) bond motifs is 1. The summed E-state index contributed by atoms with van der Waals surface area (Å²) in [6, 6.07) is 11.2. The summed E-state index contributed by atoms with van der Waals surface area (Å²) in [6.07, 6.45) is 1.65. The SMILES string of the molecule is O=S(=O)(c1ccc(S[C@H]2Cc3ccccc3[C@@H]2O)nc1)N1CCOCC1. The van der Waals surface area contributed by atoms with Crippen LogP contribution in [0.15, 0.2) is 52.5 Å². The molecule has 1 aromatic heterocycles. The van der Waals surface area contributed by atoms with Crippen molar-refractivity contribution in [3.8, 4) is 0 Å². The standard InChI is InChI=1S/C18H20N2O4S2/c21-18-15-4-2-1-3-13(15)11-16(18)25-17-6-5-14(12-19-17)26(22,23)20-7-9-24-10-8-20/h1-6,12,16,18,21H,7-11H2/t16-,18-/m0/s1. The van der Waals surface area contributed by atoms with E-state index in [0.717, 1.165) is 17.5 Å². The lowest BCUT2D eigenvalue weighted by Crippen LogP contribution is -2.40. The summed E-state index contributed by atoms with van der Waals surface area (Å²) in [5, 5.41) is 11.2. The highest BCUT2D eigenvalue weighted by Crippen LogP contribution is 2.40. The van der Waals surface area contributed by atoms with Gasteiger partial charge >= 0.3 is 0 Å². The molecular formula is C18H20N2O4S2. The van der Waals surface area contributed by atoms with E-state index in [0.29, 0.717) is 31.3 Å². The van der Waals surface area contributed by atoms with Gasteiger partial charge in [-0.1, -0.05) is 36.0 Å². The first-order chi connectivity index (χ1) is 12.6. The number of aliphatic hydroxyl groups excluding tert-OH is 1. The third kappa shape index (κ3) is 3.39. The Morgan fingerprint density at radius 3 is 2.62 bits per heavy atom. The number of pyridine rings is 1. The van der Waals surface area contributed by atoms with Crippen molar-refractivity contribution in [1.29, 1.82) is 0 Å². The predicted octanol–water partition coefficient (Wildman–Crippen LogP) is 1.85. The Balaban J connectivity index is 1.47. The van der Waals surface area contributed by atoms with Crippen LogP contribution in [0, 0.1) is 0 Å². The van der Waals surface area contributed by atoms with Crippen molar-refractivity contribution in [2.24, 2.45) is 0 Å². The van der Waals surface area contributed by atoms with Crippen LogP contribution in [0.3, 0.4) is 0 Å². The maximum Gasteiger partial charge on any atom is 0.244 e. The molecule has 0 amide bonds. The average molecular weight is 393 g/mol. The summed E-state index contributed by atoms with van der Waals surface area (Å²) >= 11 is 1.48. The summed E-state index contributed by atoms with van der Waals surface area (Å²) in [5.41, 5.74) is 2.13. The number of thioether (sulfide) groups is 1. The number of ether oxygens (including phenoxy) is 1. The van der Waals surface area contributed by atoms with Crippen LogP contribution < -0.4 is 0 Å². The molecule has 2 atom stereocenters. The van der Waals surface area contributed by atoms with E-state index in [4.69, 9.17) is 4.74 Å². The van der Waals surface area contributed by atoms with Crippen LogP contribution in [0.5, 0.6) is 0 Å². The summed E-state index contributed by atoms with van der Waals surface area (Å²) in [4.78, 5) is 4.51. The van der Waals surface area contributed by atoms with Gasteiger partial charge in [0.05, 0.1) is 24.3 Å². The second-order valence-electron chi connectivity index (χ2n) is 6.35. The molecule has 1 aromatic carbocycles. The molecule has 1 saturated heterocycles. The molecule has 1 aliphatic carbocycles. The number of benzene rings is 1. The molecule has 0 radical (unpaired) electrons. The molecule has 6 nitrogen and oxygen atoms in total. The molecule has 1 N–H and O–H groups in total. The summed E-state index contributed by atoms with van der Waals surface area (Å²) < 4.78 is 31.9. The maximum absolute atomic E-state index is 12.6. The van der Waals surface area contributed by atoms with Gasteiger partial charge in [0.15, 0.2) is 0 Å². The number of aliphatic hydroxyl groups is 1. The zero-order valence-electron chi connectivity index (χ0n) is 14.1. The first-order valence-electron chi connectivity index (χ1n) is 8.52. The van der Waals surface area contributed by atoms with E-state index in [1.54, 1.807) is 12.1 Å². The zero-order chi connectivity index (χ0) is 18.1. The second kappa shape index (κ2) is 7.28. The molecule has 0 bridgehead atoms. The smallest absolute Gasteiger partial charge is 0.244 e. The predicted molar refractivity (Wildman–Crippen MR) is 98.6 cm³/mol. The van der Waals surface area contributed by atoms with Gasteiger partial charge < -0.3 is 9.84 Å².